The van der Waals surface area contributed by atoms with Gasteiger partial charge in [-0.25, -0.2) is 4.98 Å². The fourth-order valence-electron chi connectivity index (χ4n) is 2.44. The first-order valence-corrected chi connectivity index (χ1v) is 7.07. The molecule has 3 rings (SSSR count). The Morgan fingerprint density at radius 3 is 2.75 bits per heavy atom. The third kappa shape index (κ3) is 2.76. The van der Waals surface area contributed by atoms with Crippen LogP contribution in [0.4, 0.5) is 0 Å². The second kappa shape index (κ2) is 5.38. The van der Waals surface area contributed by atoms with E-state index in [1.807, 2.05) is 30.3 Å². The molecule has 1 atom stereocenters. The van der Waals surface area contributed by atoms with E-state index in [1.165, 1.54) is 12.8 Å². The van der Waals surface area contributed by atoms with E-state index in [-0.39, 0.29) is 12.1 Å². The molecule has 1 saturated carbocycles. The maximum atomic E-state index is 9.55. The molecule has 0 aliphatic heterocycles. The van der Waals surface area contributed by atoms with Crippen molar-refractivity contribution >= 4 is 0 Å². The molecule has 106 valence electrons. The summed E-state index contributed by atoms with van der Waals surface area (Å²) in [7, 11) is 0. The summed E-state index contributed by atoms with van der Waals surface area (Å²) in [5.74, 6) is 1.22. The van der Waals surface area contributed by atoms with Crippen molar-refractivity contribution < 1.29 is 9.52 Å². The zero-order valence-corrected chi connectivity index (χ0v) is 11.7. The van der Waals surface area contributed by atoms with Crippen LogP contribution in [0.3, 0.4) is 0 Å². The maximum absolute atomic E-state index is 9.55. The van der Waals surface area contributed by atoms with Crippen molar-refractivity contribution in [3.05, 3.63) is 42.3 Å². The van der Waals surface area contributed by atoms with Gasteiger partial charge in [0.25, 0.3) is 0 Å². The number of benzene rings is 1. The number of oxazole rings is 1. The van der Waals surface area contributed by atoms with Crippen LogP contribution < -0.4 is 5.32 Å². The zero-order chi connectivity index (χ0) is 14.0. The molecule has 0 radical (unpaired) electrons. The van der Waals surface area contributed by atoms with E-state index >= 15 is 0 Å². The number of aliphatic hydroxyl groups is 1. The minimum atomic E-state index is -0.203. The standard InChI is InChI=1S/C16H20N2O2/c1-16(11-19,13-7-8-13)17-9-14-10-20-15(18-14)12-5-3-2-4-6-12/h2-6,10,13,17,19H,7-9,11H2,1H3. The first kappa shape index (κ1) is 13.3. The highest BCUT2D eigenvalue weighted by molar-refractivity contribution is 5.52. The second-order valence-corrected chi connectivity index (χ2v) is 5.71. The van der Waals surface area contributed by atoms with Crippen molar-refractivity contribution in [2.45, 2.75) is 31.8 Å². The highest BCUT2D eigenvalue weighted by Gasteiger charge is 2.40. The molecule has 1 aliphatic carbocycles. The van der Waals surface area contributed by atoms with Crippen molar-refractivity contribution in [1.82, 2.24) is 10.3 Å². The highest BCUT2D eigenvalue weighted by atomic mass is 16.3. The van der Waals surface area contributed by atoms with Gasteiger partial charge in [0.05, 0.1) is 12.3 Å². The summed E-state index contributed by atoms with van der Waals surface area (Å²) in [6.07, 6.45) is 4.07. The first-order chi connectivity index (χ1) is 9.71. The lowest BCUT2D eigenvalue weighted by Gasteiger charge is -2.28. The average molecular weight is 272 g/mol. The summed E-state index contributed by atoms with van der Waals surface area (Å²) >= 11 is 0. The Balaban J connectivity index is 1.66. The largest absolute Gasteiger partial charge is 0.444 e. The number of aromatic nitrogens is 1. The Kier molecular flexibility index (Phi) is 3.59. The van der Waals surface area contributed by atoms with Gasteiger partial charge in [-0.3, -0.25) is 0 Å². The lowest BCUT2D eigenvalue weighted by atomic mass is 9.97. The summed E-state index contributed by atoms with van der Waals surface area (Å²) in [4.78, 5) is 4.49. The fourth-order valence-corrected chi connectivity index (χ4v) is 2.44. The smallest absolute Gasteiger partial charge is 0.226 e. The zero-order valence-electron chi connectivity index (χ0n) is 11.7. The predicted molar refractivity (Wildman–Crippen MR) is 77.0 cm³/mol. The van der Waals surface area contributed by atoms with Gasteiger partial charge in [-0.1, -0.05) is 18.2 Å². The van der Waals surface area contributed by atoms with Gasteiger partial charge in [0.1, 0.15) is 6.26 Å². The summed E-state index contributed by atoms with van der Waals surface area (Å²) in [6, 6.07) is 9.86. The third-order valence-electron chi connectivity index (χ3n) is 4.05. The highest BCUT2D eigenvalue weighted by Crippen LogP contribution is 2.39. The van der Waals surface area contributed by atoms with E-state index in [2.05, 4.69) is 17.2 Å². The molecule has 1 aliphatic rings. The monoisotopic (exact) mass is 272 g/mol. The van der Waals surface area contributed by atoms with Crippen molar-refractivity contribution in [2.24, 2.45) is 5.92 Å². The van der Waals surface area contributed by atoms with Crippen LogP contribution >= 0.6 is 0 Å². The fraction of sp³-hybridized carbons (Fsp3) is 0.438. The molecule has 4 heteroatoms. The van der Waals surface area contributed by atoms with Crippen LogP contribution in [-0.4, -0.2) is 22.2 Å². The van der Waals surface area contributed by atoms with Crippen LogP contribution in [-0.2, 0) is 6.54 Å². The van der Waals surface area contributed by atoms with Gasteiger partial charge in [0.2, 0.25) is 5.89 Å². The maximum Gasteiger partial charge on any atom is 0.226 e. The van der Waals surface area contributed by atoms with Crippen LogP contribution in [0.15, 0.2) is 41.0 Å². The molecule has 1 heterocycles. The van der Waals surface area contributed by atoms with Crippen LogP contribution in [0.5, 0.6) is 0 Å². The lowest BCUT2D eigenvalue weighted by Crippen LogP contribution is -2.47. The summed E-state index contributed by atoms with van der Waals surface area (Å²) in [5.41, 5.74) is 1.64. The van der Waals surface area contributed by atoms with E-state index in [0.29, 0.717) is 18.4 Å². The summed E-state index contributed by atoms with van der Waals surface area (Å²) in [5, 5.41) is 13.0. The summed E-state index contributed by atoms with van der Waals surface area (Å²) < 4.78 is 5.51. The van der Waals surface area contributed by atoms with E-state index in [9.17, 15) is 5.11 Å². The number of nitrogens with zero attached hydrogens (tertiary/aromatic N) is 1. The Morgan fingerprint density at radius 2 is 2.10 bits per heavy atom. The molecule has 0 spiro atoms. The molecule has 1 unspecified atom stereocenters. The molecule has 1 fully saturated rings. The van der Waals surface area contributed by atoms with Gasteiger partial charge >= 0.3 is 0 Å². The second-order valence-electron chi connectivity index (χ2n) is 5.71. The van der Waals surface area contributed by atoms with Crippen molar-refractivity contribution in [2.75, 3.05) is 6.61 Å². The van der Waals surface area contributed by atoms with E-state index < -0.39 is 0 Å². The Bertz CT molecular complexity index is 563. The van der Waals surface area contributed by atoms with Crippen LogP contribution in [0.2, 0.25) is 0 Å². The lowest BCUT2D eigenvalue weighted by molar-refractivity contribution is 0.153. The molecule has 0 saturated heterocycles. The third-order valence-corrected chi connectivity index (χ3v) is 4.05. The molecule has 20 heavy (non-hydrogen) atoms. The number of hydrogen-bond acceptors (Lipinski definition) is 4. The van der Waals surface area contributed by atoms with Gasteiger partial charge < -0.3 is 14.8 Å². The van der Waals surface area contributed by atoms with Gasteiger partial charge in [-0.15, -0.1) is 0 Å². The van der Waals surface area contributed by atoms with Gasteiger partial charge in [0.15, 0.2) is 0 Å². The molecule has 2 aromatic rings. The molecule has 2 N–H and O–H groups in total. The molecule has 1 aromatic carbocycles. The Hall–Kier alpha value is -1.65. The molecule has 1 aromatic heterocycles. The Labute approximate surface area is 118 Å². The predicted octanol–water partition coefficient (Wildman–Crippen LogP) is 2.59. The Morgan fingerprint density at radius 1 is 1.35 bits per heavy atom. The number of rotatable bonds is 6. The van der Waals surface area contributed by atoms with Gasteiger partial charge in [0, 0.05) is 17.6 Å². The quantitative estimate of drug-likeness (QED) is 0.848. The molecular formula is C16H20N2O2. The minimum absolute atomic E-state index is 0.154. The normalized spacial score (nSPS) is 17.9. The average Bonchev–Trinajstić information content (AvgIpc) is 3.25. The van der Waals surface area contributed by atoms with Gasteiger partial charge in [-0.2, -0.15) is 0 Å². The van der Waals surface area contributed by atoms with Crippen LogP contribution in [0.1, 0.15) is 25.5 Å². The topological polar surface area (TPSA) is 58.3 Å². The number of nitrogens with one attached hydrogen (secondary N) is 1. The SMILES string of the molecule is CC(CO)(NCc1coc(-c2ccccc2)n1)C1CC1. The summed E-state index contributed by atoms with van der Waals surface area (Å²) in [6.45, 7) is 2.84. The van der Waals surface area contributed by atoms with E-state index in [4.69, 9.17) is 4.42 Å². The molecular weight excluding hydrogens is 252 g/mol. The molecule has 4 nitrogen and oxygen atoms in total. The molecule has 0 bridgehead atoms. The van der Waals surface area contributed by atoms with Crippen molar-refractivity contribution in [3.8, 4) is 11.5 Å². The number of aliphatic hydroxyl groups excluding tert-OH is 1. The first-order valence-electron chi connectivity index (χ1n) is 7.07. The van der Waals surface area contributed by atoms with E-state index in [0.717, 1.165) is 11.3 Å². The van der Waals surface area contributed by atoms with Crippen molar-refractivity contribution in [3.63, 3.8) is 0 Å². The van der Waals surface area contributed by atoms with E-state index in [1.54, 1.807) is 6.26 Å². The van der Waals surface area contributed by atoms with Gasteiger partial charge in [-0.05, 0) is 37.8 Å². The van der Waals surface area contributed by atoms with Crippen molar-refractivity contribution in [1.29, 1.82) is 0 Å². The number of hydrogen-bond donors (Lipinski definition) is 2. The minimum Gasteiger partial charge on any atom is -0.444 e. The van der Waals surface area contributed by atoms with Crippen LogP contribution in [0.25, 0.3) is 11.5 Å². The molecule has 0 amide bonds. The van der Waals surface area contributed by atoms with Crippen LogP contribution in [0, 0.1) is 5.92 Å².